The van der Waals surface area contributed by atoms with Crippen molar-refractivity contribution < 1.29 is 59.9 Å². The molecule has 6 rings (SSSR count). The van der Waals surface area contributed by atoms with Crippen LogP contribution in [-0.2, 0) is 19.1 Å². The van der Waals surface area contributed by atoms with E-state index in [0.717, 1.165) is 5.57 Å². The van der Waals surface area contributed by atoms with Crippen molar-refractivity contribution in [2.45, 2.75) is 135 Å². The number of carboxylic acids is 1. The Balaban J connectivity index is 1.39. The van der Waals surface area contributed by atoms with E-state index in [-0.39, 0.29) is 23.7 Å². The lowest BCUT2D eigenvalue weighted by atomic mass is 9.34. The van der Waals surface area contributed by atoms with Gasteiger partial charge in [0.1, 0.15) is 24.4 Å². The van der Waals surface area contributed by atoms with Gasteiger partial charge in [-0.2, -0.15) is 0 Å². The molecular weight excluding hydrogens is 612 g/mol. The second kappa shape index (κ2) is 11.4. The molecular formula is C35H54O12. The first-order valence-electron chi connectivity index (χ1n) is 17.3. The molecule has 12 heteroatoms. The van der Waals surface area contributed by atoms with Crippen LogP contribution in [0.1, 0.15) is 86.0 Å². The number of fused-ring (bicyclic) bond motifs is 7. The van der Waals surface area contributed by atoms with Crippen LogP contribution in [0.15, 0.2) is 11.6 Å². The van der Waals surface area contributed by atoms with E-state index in [1.165, 1.54) is 0 Å². The molecule has 1 saturated heterocycles. The van der Waals surface area contributed by atoms with Crippen LogP contribution < -0.4 is 0 Å². The maximum absolute atomic E-state index is 14.4. The van der Waals surface area contributed by atoms with Crippen molar-refractivity contribution in [3.8, 4) is 0 Å². The third-order valence-electron chi connectivity index (χ3n) is 14.8. The van der Waals surface area contributed by atoms with Crippen LogP contribution in [0.25, 0.3) is 0 Å². The lowest BCUT2D eigenvalue weighted by Gasteiger charge is -2.70. The van der Waals surface area contributed by atoms with Gasteiger partial charge >= 0.3 is 11.9 Å². The lowest BCUT2D eigenvalue weighted by Crippen LogP contribution is -2.67. The number of aliphatic hydroxyl groups excluding tert-OH is 7. The minimum absolute atomic E-state index is 0.0196. The minimum Gasteiger partial charge on any atom is -0.481 e. The Kier molecular flexibility index (Phi) is 8.57. The summed E-state index contributed by atoms with van der Waals surface area (Å²) in [7, 11) is 0. The molecule has 1 heterocycles. The van der Waals surface area contributed by atoms with Crippen molar-refractivity contribution in [1.29, 1.82) is 0 Å². The van der Waals surface area contributed by atoms with Gasteiger partial charge in [-0.05, 0) is 84.9 Å². The molecule has 0 radical (unpaired) electrons. The average molecular weight is 667 g/mol. The average Bonchev–Trinajstić information content (AvgIpc) is 3.00. The summed E-state index contributed by atoms with van der Waals surface area (Å²) < 4.78 is 11.4. The Hall–Kier alpha value is -1.64. The number of carboxylic acid groups (broad SMARTS) is 1. The molecule has 266 valence electrons. The summed E-state index contributed by atoms with van der Waals surface area (Å²) in [5, 5.41) is 84.9. The summed E-state index contributed by atoms with van der Waals surface area (Å²) in [4.78, 5) is 26.8. The van der Waals surface area contributed by atoms with Crippen molar-refractivity contribution in [2.24, 2.45) is 50.7 Å². The fraction of sp³-hybridized carbons (Fsp3) is 0.886. The van der Waals surface area contributed by atoms with E-state index in [4.69, 9.17) is 9.47 Å². The fourth-order valence-electron chi connectivity index (χ4n) is 11.6. The molecule has 1 aliphatic heterocycles. The molecule has 0 spiro atoms. The van der Waals surface area contributed by atoms with Crippen LogP contribution in [0.2, 0.25) is 0 Å². The molecule has 47 heavy (non-hydrogen) atoms. The molecule has 8 N–H and O–H groups in total. The maximum Gasteiger partial charge on any atom is 0.315 e. The zero-order chi connectivity index (χ0) is 34.6. The zero-order valence-corrected chi connectivity index (χ0v) is 28.1. The molecule has 5 fully saturated rings. The molecule has 0 bridgehead atoms. The van der Waals surface area contributed by atoms with E-state index in [0.29, 0.717) is 44.9 Å². The summed E-state index contributed by atoms with van der Waals surface area (Å²) in [6, 6.07) is 0. The highest BCUT2D eigenvalue weighted by atomic mass is 16.7. The van der Waals surface area contributed by atoms with Crippen LogP contribution in [0.5, 0.6) is 0 Å². The number of hydrogen-bond donors (Lipinski definition) is 8. The van der Waals surface area contributed by atoms with Crippen LogP contribution in [-0.4, -0.2) is 108 Å². The Morgan fingerprint density at radius 2 is 1.55 bits per heavy atom. The zero-order valence-electron chi connectivity index (χ0n) is 28.1. The standard InChI is InChI=1S/C35H54O12/c1-31(2)10-12-35(30(45)47-29-26(41)25(40)24(39)19(15-36)46-29)13-11-33(4)17(22(35)27(31)42)6-7-20-32(3)14-18(37)23(38)21(28(43)44)16(32)8-9-34(20,33)5/h6,16,18-27,29,36-42H,7-15H2,1-5H3,(H,43,44)/t16-,18+,19+,20+,21+,22+,23-,24+,25-,26+,27-,29-,32-,33+,34+,35-/m0/s1. The number of carbonyl (C=O) groups is 2. The molecule has 6 aliphatic rings. The maximum atomic E-state index is 14.4. The van der Waals surface area contributed by atoms with E-state index in [9.17, 15) is 50.4 Å². The predicted octanol–water partition coefficient (Wildman–Crippen LogP) is 1.11. The summed E-state index contributed by atoms with van der Waals surface area (Å²) in [5.41, 5.74) is -2.15. The molecule has 0 amide bonds. The lowest BCUT2D eigenvalue weighted by molar-refractivity contribution is -0.298. The van der Waals surface area contributed by atoms with Crippen LogP contribution in [0.4, 0.5) is 0 Å². The number of carbonyl (C=O) groups excluding carboxylic acids is 1. The number of allylic oxidation sites excluding steroid dienone is 1. The summed E-state index contributed by atoms with van der Waals surface area (Å²) in [6.45, 7) is 9.80. The molecule has 0 aromatic heterocycles. The van der Waals surface area contributed by atoms with Gasteiger partial charge in [0, 0.05) is 5.92 Å². The topological polar surface area (TPSA) is 214 Å². The Morgan fingerprint density at radius 3 is 2.19 bits per heavy atom. The SMILES string of the molecule is CC1(C)CC[C@]2(C(=O)O[C@@H]3O[C@H](CO)[C@@H](O)[C@H](O)[C@H]3O)CC[C@]3(C)C(=CC[C@@H]4[C@@]5(C)C[C@@H](O)[C@H](O)[C@H](C(=O)O)[C@@H]5CC[C@]43C)[C@@H]2[C@@H]1O. The number of ether oxygens (including phenoxy) is 2. The van der Waals surface area contributed by atoms with Gasteiger partial charge in [0.05, 0.1) is 36.3 Å². The molecule has 12 nitrogen and oxygen atoms in total. The summed E-state index contributed by atoms with van der Waals surface area (Å²) in [6.07, 6.45) is -5.17. The van der Waals surface area contributed by atoms with Gasteiger partial charge in [-0.25, -0.2) is 0 Å². The first-order valence-corrected chi connectivity index (χ1v) is 17.3. The summed E-state index contributed by atoms with van der Waals surface area (Å²) >= 11 is 0. The fourth-order valence-corrected chi connectivity index (χ4v) is 11.6. The highest BCUT2D eigenvalue weighted by molar-refractivity contribution is 5.79. The molecule has 5 aliphatic carbocycles. The van der Waals surface area contributed by atoms with E-state index in [1.54, 1.807) is 0 Å². The highest BCUT2D eigenvalue weighted by Crippen LogP contribution is 2.75. The largest absolute Gasteiger partial charge is 0.481 e. The minimum atomic E-state index is -1.74. The molecule has 0 unspecified atom stereocenters. The Morgan fingerprint density at radius 1 is 0.894 bits per heavy atom. The Bertz CT molecular complexity index is 1300. The third kappa shape index (κ3) is 4.76. The quantitative estimate of drug-likeness (QED) is 0.157. The van der Waals surface area contributed by atoms with Crippen molar-refractivity contribution in [3.05, 3.63) is 11.6 Å². The van der Waals surface area contributed by atoms with E-state index < -0.39 is 101 Å². The molecule has 16 atom stereocenters. The van der Waals surface area contributed by atoms with Crippen LogP contribution >= 0.6 is 0 Å². The monoisotopic (exact) mass is 666 g/mol. The van der Waals surface area contributed by atoms with Gasteiger partial charge in [-0.1, -0.05) is 46.3 Å². The van der Waals surface area contributed by atoms with Gasteiger partial charge in [0.25, 0.3) is 0 Å². The van der Waals surface area contributed by atoms with Crippen molar-refractivity contribution >= 4 is 11.9 Å². The van der Waals surface area contributed by atoms with Gasteiger partial charge in [-0.15, -0.1) is 0 Å². The van der Waals surface area contributed by atoms with Gasteiger partial charge < -0.3 is 50.3 Å². The van der Waals surface area contributed by atoms with Crippen LogP contribution in [0.3, 0.4) is 0 Å². The highest BCUT2D eigenvalue weighted by Gasteiger charge is 2.71. The predicted molar refractivity (Wildman–Crippen MR) is 165 cm³/mol. The number of aliphatic carboxylic acids is 1. The van der Waals surface area contributed by atoms with E-state index >= 15 is 0 Å². The van der Waals surface area contributed by atoms with Gasteiger partial charge in [-0.3, -0.25) is 9.59 Å². The second-order valence-electron chi connectivity index (χ2n) is 17.1. The molecule has 0 aromatic rings. The van der Waals surface area contributed by atoms with Gasteiger partial charge in [0.2, 0.25) is 6.29 Å². The number of hydrogen-bond acceptors (Lipinski definition) is 11. The smallest absolute Gasteiger partial charge is 0.315 e. The van der Waals surface area contributed by atoms with Crippen LogP contribution in [0, 0.1) is 50.7 Å². The first-order chi connectivity index (χ1) is 21.8. The number of esters is 1. The van der Waals surface area contributed by atoms with E-state index in [1.807, 2.05) is 13.8 Å². The second-order valence-corrected chi connectivity index (χ2v) is 17.1. The van der Waals surface area contributed by atoms with E-state index in [2.05, 4.69) is 26.8 Å². The van der Waals surface area contributed by atoms with Crippen molar-refractivity contribution in [1.82, 2.24) is 0 Å². The normalized spacial score (nSPS) is 53.7. The van der Waals surface area contributed by atoms with Crippen molar-refractivity contribution in [3.63, 3.8) is 0 Å². The number of rotatable bonds is 4. The molecule has 4 saturated carbocycles. The van der Waals surface area contributed by atoms with Gasteiger partial charge in [0.15, 0.2) is 0 Å². The molecule has 0 aromatic carbocycles. The summed E-state index contributed by atoms with van der Waals surface area (Å²) in [5.74, 6) is -3.79. The Labute approximate surface area is 275 Å². The number of aliphatic hydroxyl groups is 7. The third-order valence-corrected chi connectivity index (χ3v) is 14.8. The van der Waals surface area contributed by atoms with Crippen molar-refractivity contribution in [2.75, 3.05) is 6.61 Å². The first kappa shape index (κ1) is 35.2.